The van der Waals surface area contributed by atoms with Gasteiger partial charge >= 0.3 is 5.97 Å². The van der Waals surface area contributed by atoms with Gasteiger partial charge in [0, 0.05) is 12.2 Å². The molecule has 0 saturated carbocycles. The maximum Gasteiger partial charge on any atom is 0.340 e. The number of hydrogen-bond acceptors (Lipinski definition) is 6. The number of allylic oxidation sites excluding steroid dienone is 1. The molecule has 0 bridgehead atoms. The summed E-state index contributed by atoms with van der Waals surface area (Å²) in [5, 5.41) is 0. The molecule has 0 atom stereocenters. The highest BCUT2D eigenvalue weighted by molar-refractivity contribution is 6.16. The van der Waals surface area contributed by atoms with Crippen LogP contribution in [0.15, 0.2) is 59.3 Å². The Morgan fingerprint density at radius 3 is 2.33 bits per heavy atom. The van der Waals surface area contributed by atoms with Crippen molar-refractivity contribution in [3.63, 3.8) is 0 Å². The third-order valence-electron chi connectivity index (χ3n) is 5.48. The Labute approximate surface area is 194 Å². The topological polar surface area (TPSA) is 74.3 Å². The van der Waals surface area contributed by atoms with Gasteiger partial charge in [-0.2, -0.15) is 0 Å². The predicted molar refractivity (Wildman–Crippen MR) is 125 cm³/mol. The van der Waals surface area contributed by atoms with Crippen LogP contribution in [0.5, 0.6) is 17.2 Å². The fraction of sp³-hybridized carbons (Fsp3) is 0.308. The van der Waals surface area contributed by atoms with E-state index in [1.54, 1.807) is 44.3 Å². The molecule has 0 aliphatic carbocycles. The quantitative estimate of drug-likeness (QED) is 0.424. The number of nitrogens with zero attached hydrogens (tertiary/aromatic N) is 1. The van der Waals surface area contributed by atoms with Crippen molar-refractivity contribution in [3.05, 3.63) is 70.4 Å². The first kappa shape index (κ1) is 23.9. The molecule has 0 aromatic heterocycles. The summed E-state index contributed by atoms with van der Waals surface area (Å²) in [5.74, 6) is 1.15. The van der Waals surface area contributed by atoms with Gasteiger partial charge in [0.05, 0.1) is 39.1 Å². The van der Waals surface area contributed by atoms with Crippen LogP contribution in [0.2, 0.25) is 0 Å². The molecule has 0 spiro atoms. The number of carbonyl (C=O) groups excluding carboxylic acids is 2. The van der Waals surface area contributed by atoms with Gasteiger partial charge in [0.15, 0.2) is 11.5 Å². The molecule has 3 rings (SSSR count). The van der Waals surface area contributed by atoms with Crippen molar-refractivity contribution in [2.75, 3.05) is 34.5 Å². The molecule has 2 aromatic carbocycles. The number of hydrogen-bond donors (Lipinski definition) is 0. The first-order chi connectivity index (χ1) is 15.9. The number of carbonyl (C=O) groups is 2. The maximum atomic E-state index is 13.3. The second-order valence-corrected chi connectivity index (χ2v) is 7.41. The summed E-state index contributed by atoms with van der Waals surface area (Å²) in [5.41, 5.74) is 2.91. The average Bonchev–Trinajstić information content (AvgIpc) is 3.07. The molecule has 1 aliphatic rings. The van der Waals surface area contributed by atoms with Gasteiger partial charge in [0.25, 0.3) is 5.91 Å². The maximum absolute atomic E-state index is 13.3. The van der Waals surface area contributed by atoms with Gasteiger partial charge in [-0.3, -0.25) is 4.79 Å². The number of amides is 1. The second kappa shape index (κ2) is 10.7. The number of esters is 1. The van der Waals surface area contributed by atoms with E-state index in [0.29, 0.717) is 47.9 Å². The van der Waals surface area contributed by atoms with Crippen LogP contribution in [0.3, 0.4) is 0 Å². The summed E-state index contributed by atoms with van der Waals surface area (Å²) in [6.07, 6.45) is 2.31. The van der Waals surface area contributed by atoms with Crippen molar-refractivity contribution >= 4 is 18.0 Å². The van der Waals surface area contributed by atoms with Gasteiger partial charge in [0.1, 0.15) is 5.75 Å². The standard InChI is InChI=1S/C26H29NO6/c1-6-33-22-12-9-19(16-23(22)31-4)15-21-24(26(29)32-5)17(2)27(25(21)28)14-13-18-7-10-20(30-3)11-8-18/h7-12,15-16H,6,13-14H2,1-5H3/b21-15-. The van der Waals surface area contributed by atoms with Crippen molar-refractivity contribution in [1.82, 2.24) is 4.90 Å². The monoisotopic (exact) mass is 451 g/mol. The van der Waals surface area contributed by atoms with Crippen LogP contribution in [0, 0.1) is 0 Å². The van der Waals surface area contributed by atoms with E-state index in [2.05, 4.69) is 0 Å². The van der Waals surface area contributed by atoms with Gasteiger partial charge < -0.3 is 23.8 Å². The summed E-state index contributed by atoms with van der Waals surface area (Å²) in [6.45, 7) is 4.59. The highest BCUT2D eigenvalue weighted by atomic mass is 16.5. The summed E-state index contributed by atoms with van der Waals surface area (Å²) in [4.78, 5) is 27.5. The molecular formula is C26H29NO6. The van der Waals surface area contributed by atoms with Crippen LogP contribution in [-0.2, 0) is 20.7 Å². The molecule has 0 saturated heterocycles. The van der Waals surface area contributed by atoms with Crippen LogP contribution >= 0.6 is 0 Å². The van der Waals surface area contributed by atoms with E-state index < -0.39 is 5.97 Å². The van der Waals surface area contributed by atoms with E-state index in [0.717, 1.165) is 11.3 Å². The molecule has 174 valence electrons. The lowest BCUT2D eigenvalue weighted by atomic mass is 10.0. The van der Waals surface area contributed by atoms with Gasteiger partial charge in [-0.1, -0.05) is 18.2 Å². The molecule has 1 heterocycles. The van der Waals surface area contributed by atoms with E-state index in [1.807, 2.05) is 37.3 Å². The van der Waals surface area contributed by atoms with Crippen molar-refractivity contribution in [1.29, 1.82) is 0 Å². The Hall–Kier alpha value is -3.74. The van der Waals surface area contributed by atoms with Crippen LogP contribution in [0.4, 0.5) is 0 Å². The van der Waals surface area contributed by atoms with Crippen LogP contribution < -0.4 is 14.2 Å². The van der Waals surface area contributed by atoms with Crippen molar-refractivity contribution in [2.45, 2.75) is 20.3 Å². The molecule has 2 aromatic rings. The SMILES string of the molecule is CCOc1ccc(/C=C2\C(=O)N(CCc3ccc(OC)cc3)C(C)=C2C(=O)OC)cc1OC. The lowest BCUT2D eigenvalue weighted by Crippen LogP contribution is -2.27. The number of rotatable bonds is 9. The van der Waals surface area contributed by atoms with Crippen LogP contribution in [0.25, 0.3) is 6.08 Å². The van der Waals surface area contributed by atoms with Crippen molar-refractivity contribution in [3.8, 4) is 17.2 Å². The average molecular weight is 452 g/mol. The Morgan fingerprint density at radius 1 is 1.00 bits per heavy atom. The largest absolute Gasteiger partial charge is 0.497 e. The number of benzene rings is 2. The van der Waals surface area contributed by atoms with Crippen LogP contribution in [0.1, 0.15) is 25.0 Å². The van der Waals surface area contributed by atoms with E-state index in [4.69, 9.17) is 18.9 Å². The van der Waals surface area contributed by atoms with Gasteiger partial charge in [-0.15, -0.1) is 0 Å². The Morgan fingerprint density at radius 2 is 1.73 bits per heavy atom. The highest BCUT2D eigenvalue weighted by Crippen LogP contribution is 2.34. The molecule has 7 nitrogen and oxygen atoms in total. The van der Waals surface area contributed by atoms with E-state index >= 15 is 0 Å². The summed E-state index contributed by atoms with van der Waals surface area (Å²) >= 11 is 0. The van der Waals surface area contributed by atoms with Crippen molar-refractivity contribution in [2.24, 2.45) is 0 Å². The summed E-state index contributed by atoms with van der Waals surface area (Å²) in [6, 6.07) is 13.1. The normalized spacial score (nSPS) is 14.6. The van der Waals surface area contributed by atoms with Gasteiger partial charge in [0.2, 0.25) is 0 Å². The third-order valence-corrected chi connectivity index (χ3v) is 5.48. The minimum absolute atomic E-state index is 0.241. The molecule has 1 amide bonds. The first-order valence-corrected chi connectivity index (χ1v) is 10.7. The van der Waals surface area contributed by atoms with Crippen LogP contribution in [-0.4, -0.2) is 51.3 Å². The van der Waals surface area contributed by atoms with Crippen molar-refractivity contribution < 1.29 is 28.5 Å². The first-order valence-electron chi connectivity index (χ1n) is 10.7. The van der Waals surface area contributed by atoms with Gasteiger partial charge in [-0.25, -0.2) is 4.79 Å². The molecule has 0 radical (unpaired) electrons. The van der Waals surface area contributed by atoms with Gasteiger partial charge in [-0.05, 0) is 61.7 Å². The predicted octanol–water partition coefficient (Wildman–Crippen LogP) is 4.02. The second-order valence-electron chi connectivity index (χ2n) is 7.41. The minimum Gasteiger partial charge on any atom is -0.497 e. The number of ether oxygens (including phenoxy) is 4. The third kappa shape index (κ3) is 5.19. The molecule has 0 N–H and O–H groups in total. The number of methoxy groups -OCH3 is 3. The summed E-state index contributed by atoms with van der Waals surface area (Å²) in [7, 11) is 4.49. The Balaban J connectivity index is 1.91. The highest BCUT2D eigenvalue weighted by Gasteiger charge is 2.36. The molecule has 7 heteroatoms. The summed E-state index contributed by atoms with van der Waals surface area (Å²) < 4.78 is 21.1. The molecule has 33 heavy (non-hydrogen) atoms. The molecule has 0 fully saturated rings. The van der Waals surface area contributed by atoms with E-state index in [-0.39, 0.29) is 11.5 Å². The van der Waals surface area contributed by atoms with E-state index in [1.165, 1.54) is 7.11 Å². The Kier molecular flexibility index (Phi) is 7.77. The van der Waals surface area contributed by atoms with E-state index in [9.17, 15) is 9.59 Å². The zero-order valence-electron chi connectivity index (χ0n) is 19.6. The Bertz CT molecular complexity index is 1080. The minimum atomic E-state index is -0.544. The lowest BCUT2D eigenvalue weighted by molar-refractivity contribution is -0.136. The lowest BCUT2D eigenvalue weighted by Gasteiger charge is -2.18. The fourth-order valence-electron chi connectivity index (χ4n) is 3.75. The fourth-order valence-corrected chi connectivity index (χ4v) is 3.75. The zero-order valence-corrected chi connectivity index (χ0v) is 19.6. The molecule has 1 aliphatic heterocycles. The molecule has 0 unspecified atom stereocenters. The zero-order chi connectivity index (χ0) is 24.0. The smallest absolute Gasteiger partial charge is 0.340 e. The molecular weight excluding hydrogens is 422 g/mol.